The summed E-state index contributed by atoms with van der Waals surface area (Å²) in [4.78, 5) is -0.257. The van der Waals surface area contributed by atoms with Crippen LogP contribution in [0.2, 0.25) is 0 Å². The van der Waals surface area contributed by atoms with Crippen LogP contribution in [0.4, 0.5) is 0 Å². The number of hydrogen-bond acceptors (Lipinski definition) is 8. The summed E-state index contributed by atoms with van der Waals surface area (Å²) in [7, 11) is -8.99. The summed E-state index contributed by atoms with van der Waals surface area (Å²) < 4.78 is 81.5. The second-order valence-corrected chi connectivity index (χ2v) is 19.3. The summed E-state index contributed by atoms with van der Waals surface area (Å²) in [6, 6.07) is 27.9. The zero-order valence-electron chi connectivity index (χ0n) is 38.4. The van der Waals surface area contributed by atoms with Crippen LogP contribution >= 0.6 is 0 Å². The third-order valence-corrected chi connectivity index (χ3v) is 13.0. The molecule has 0 unspecified atom stereocenters. The molecule has 0 spiro atoms. The van der Waals surface area contributed by atoms with Crippen molar-refractivity contribution in [1.82, 2.24) is 0 Å². The number of hydrogen-bond donors (Lipinski definition) is 0. The van der Waals surface area contributed by atoms with Gasteiger partial charge in [-0.2, -0.15) is 0 Å². The van der Waals surface area contributed by atoms with Crippen molar-refractivity contribution in [2.45, 2.75) is 191 Å². The van der Waals surface area contributed by atoms with Crippen molar-refractivity contribution in [3.63, 3.8) is 0 Å². The quantitative estimate of drug-likeness (QED) is 0.0269. The Morgan fingerprint density at radius 2 is 0.635 bits per heavy atom. The normalized spacial score (nSPS) is 11.4. The van der Waals surface area contributed by atoms with Crippen molar-refractivity contribution >= 4 is 58.0 Å². The topological polar surface area (TPSA) is 133 Å². The van der Waals surface area contributed by atoms with E-state index in [4.69, 9.17) is 9.47 Å². The fraction of sp³-hybridized carbons (Fsp3) is 0.538. The molecule has 0 aliphatic carbocycles. The van der Waals surface area contributed by atoms with Gasteiger partial charge in [-0.1, -0.05) is 192 Å². The summed E-state index contributed by atoms with van der Waals surface area (Å²) >= 11 is 0. The summed E-state index contributed by atoms with van der Waals surface area (Å²) in [6.45, 7) is 4.49. The van der Waals surface area contributed by atoms with Crippen molar-refractivity contribution in [3.05, 3.63) is 108 Å². The fourth-order valence-corrected chi connectivity index (χ4v) is 9.11. The van der Waals surface area contributed by atoms with Crippen molar-refractivity contribution < 1.29 is 35.4 Å². The Hall–Kier alpha value is -2.44. The monoisotopic (exact) mass is 930 g/mol. The number of rotatable bonds is 32. The second kappa shape index (κ2) is 34.0. The summed E-state index contributed by atoms with van der Waals surface area (Å²) in [6.07, 6.45) is 31.0. The first-order chi connectivity index (χ1) is 30.0. The molecule has 0 aliphatic rings. The summed E-state index contributed by atoms with van der Waals surface area (Å²) in [5.74, 6) is 2.45. The average Bonchev–Trinajstić information content (AvgIpc) is 3.25. The van der Waals surface area contributed by atoms with Gasteiger partial charge >= 0.3 is 37.7 Å². The SMILES string of the molecule is CCCCCCCCCCCCCCc1cc(Oc2ccccc2)ccc1S(=O)(=O)[O-].CCCCCCCCCCCCCCc1cc(Oc2ccccc2)ccc1S(=O)(=O)[O-].[Ca+2]. The maximum atomic E-state index is 11.6. The van der Waals surface area contributed by atoms with Gasteiger partial charge in [0.1, 0.15) is 43.2 Å². The standard InChI is InChI=1S/2C26H38O4S.Ca/c2*1-2-3-4-5-6-7-8-9-10-11-12-14-17-23-22-25(20-21-26(23)31(27,28)29)30-24-18-15-13-16-19-24;/h2*13,15-16,18-22H,2-12,14,17H2,1H3,(H,27,28,29);/q;;+2/p-2. The molecule has 0 bridgehead atoms. The third-order valence-electron chi connectivity index (χ3n) is 11.2. The number of unbranched alkanes of at least 4 members (excludes halogenated alkanes) is 22. The maximum Gasteiger partial charge on any atom is 2.00 e. The van der Waals surface area contributed by atoms with E-state index in [-0.39, 0.29) is 47.5 Å². The van der Waals surface area contributed by atoms with Gasteiger partial charge in [0, 0.05) is 0 Å². The van der Waals surface area contributed by atoms with E-state index in [0.717, 1.165) is 38.5 Å². The number of ether oxygens (including phenoxy) is 2. The van der Waals surface area contributed by atoms with Crippen LogP contribution in [0.1, 0.15) is 179 Å². The van der Waals surface area contributed by atoms with Gasteiger partial charge in [0.25, 0.3) is 0 Å². The van der Waals surface area contributed by atoms with Crippen molar-refractivity contribution in [2.75, 3.05) is 0 Å². The molecule has 0 saturated carbocycles. The Balaban J connectivity index is 0.000000427. The first-order valence-corrected chi connectivity index (χ1v) is 26.5. The van der Waals surface area contributed by atoms with Gasteiger partial charge in [-0.3, -0.25) is 0 Å². The van der Waals surface area contributed by atoms with E-state index >= 15 is 0 Å². The molecule has 0 saturated heterocycles. The second-order valence-electron chi connectivity index (χ2n) is 16.6. The minimum Gasteiger partial charge on any atom is -0.744 e. The van der Waals surface area contributed by atoms with E-state index in [2.05, 4.69) is 13.8 Å². The van der Waals surface area contributed by atoms with Crippen LogP contribution in [0.15, 0.2) is 107 Å². The molecule has 0 N–H and O–H groups in total. The molecule has 0 fully saturated rings. The number of benzene rings is 4. The fourth-order valence-electron chi connectivity index (χ4n) is 7.68. The zero-order chi connectivity index (χ0) is 44.7. The van der Waals surface area contributed by atoms with Crippen LogP contribution in [0.3, 0.4) is 0 Å². The Labute approximate surface area is 411 Å². The van der Waals surface area contributed by atoms with Gasteiger partial charge < -0.3 is 18.6 Å². The van der Waals surface area contributed by atoms with E-state index in [9.17, 15) is 25.9 Å². The average molecular weight is 931 g/mol. The molecule has 11 heteroatoms. The predicted octanol–water partition coefficient (Wildman–Crippen LogP) is 14.9. The van der Waals surface area contributed by atoms with E-state index in [1.54, 1.807) is 24.3 Å². The molecule has 0 aromatic heterocycles. The number of para-hydroxylation sites is 2. The van der Waals surface area contributed by atoms with Gasteiger partial charge in [0.2, 0.25) is 0 Å². The summed E-state index contributed by atoms with van der Waals surface area (Å²) in [5, 5.41) is 0. The van der Waals surface area contributed by atoms with Gasteiger partial charge in [-0.15, -0.1) is 0 Å². The minimum absolute atomic E-state index is 0. The first-order valence-electron chi connectivity index (χ1n) is 23.6. The zero-order valence-corrected chi connectivity index (χ0v) is 42.3. The molecule has 4 aromatic rings. The van der Waals surface area contributed by atoms with Gasteiger partial charge in [0.15, 0.2) is 0 Å². The predicted molar refractivity (Wildman–Crippen MR) is 257 cm³/mol. The van der Waals surface area contributed by atoms with Gasteiger partial charge in [-0.25, -0.2) is 16.8 Å². The number of aryl methyl sites for hydroxylation is 2. The van der Waals surface area contributed by atoms with E-state index in [1.807, 2.05) is 60.7 Å². The van der Waals surface area contributed by atoms with Crippen LogP contribution in [-0.2, 0) is 33.1 Å². The Morgan fingerprint density at radius 1 is 0.365 bits per heavy atom. The van der Waals surface area contributed by atoms with Crippen molar-refractivity contribution in [1.29, 1.82) is 0 Å². The van der Waals surface area contributed by atoms with E-state index < -0.39 is 20.2 Å². The molecule has 63 heavy (non-hydrogen) atoms. The Bertz CT molecular complexity index is 1850. The van der Waals surface area contributed by atoms with Crippen LogP contribution in [0.25, 0.3) is 0 Å². The Kier molecular flexibility index (Phi) is 30.6. The van der Waals surface area contributed by atoms with E-state index in [0.29, 0.717) is 47.0 Å². The first kappa shape index (κ1) is 56.7. The molecule has 344 valence electrons. The minimum atomic E-state index is -4.49. The van der Waals surface area contributed by atoms with Crippen LogP contribution in [0.5, 0.6) is 23.0 Å². The van der Waals surface area contributed by atoms with Gasteiger partial charge in [0.05, 0.1) is 9.79 Å². The van der Waals surface area contributed by atoms with Crippen LogP contribution in [0, 0.1) is 0 Å². The van der Waals surface area contributed by atoms with Crippen LogP contribution < -0.4 is 9.47 Å². The van der Waals surface area contributed by atoms with E-state index in [1.165, 1.54) is 128 Å². The summed E-state index contributed by atoms with van der Waals surface area (Å²) in [5.41, 5.74) is 1.10. The molecular weight excluding hydrogens is 857 g/mol. The molecule has 0 amide bonds. The van der Waals surface area contributed by atoms with Gasteiger partial charge in [-0.05, 0) is 97.5 Å². The smallest absolute Gasteiger partial charge is 0.744 e. The maximum absolute atomic E-state index is 11.6. The largest absolute Gasteiger partial charge is 2.00 e. The Morgan fingerprint density at radius 3 is 0.905 bits per heavy atom. The molecule has 4 aromatic carbocycles. The van der Waals surface area contributed by atoms with Crippen molar-refractivity contribution in [3.8, 4) is 23.0 Å². The van der Waals surface area contributed by atoms with Crippen LogP contribution in [-0.4, -0.2) is 63.7 Å². The van der Waals surface area contributed by atoms with Crippen molar-refractivity contribution in [2.24, 2.45) is 0 Å². The molecule has 4 rings (SSSR count). The molecule has 0 radical (unpaired) electrons. The molecule has 0 heterocycles. The molecule has 0 atom stereocenters. The third kappa shape index (κ3) is 25.7. The molecular formula is C52H74CaO8S2. The molecule has 8 nitrogen and oxygen atoms in total. The molecule has 0 aliphatic heterocycles.